The maximum absolute atomic E-state index is 13.5. The highest BCUT2D eigenvalue weighted by Crippen LogP contribution is 2.28. The van der Waals surface area contributed by atoms with E-state index in [1.165, 1.54) is 20.2 Å². The van der Waals surface area contributed by atoms with Gasteiger partial charge in [0.05, 0.1) is 23.7 Å². The quantitative estimate of drug-likeness (QED) is 0.737. The fraction of sp³-hybridized carbons (Fsp3) is 0.500. The summed E-state index contributed by atoms with van der Waals surface area (Å²) in [6.45, 7) is 2.24. The van der Waals surface area contributed by atoms with E-state index in [-0.39, 0.29) is 23.7 Å². The molecule has 1 aromatic rings. The Balaban J connectivity index is 2.76. The lowest BCUT2D eigenvalue weighted by atomic mass is 10.2. The Morgan fingerprint density at radius 1 is 1.40 bits per heavy atom. The van der Waals surface area contributed by atoms with Crippen LogP contribution in [0.15, 0.2) is 12.1 Å². The second-order valence-electron chi connectivity index (χ2n) is 4.33. The largest absolute Gasteiger partial charge is 0.491 e. The van der Waals surface area contributed by atoms with E-state index in [1.807, 2.05) is 0 Å². The summed E-state index contributed by atoms with van der Waals surface area (Å²) in [7, 11) is -0.351. The van der Waals surface area contributed by atoms with E-state index >= 15 is 0 Å². The number of rotatable bonds is 7. The Hall–Kier alpha value is -1.54. The van der Waals surface area contributed by atoms with Crippen LogP contribution in [0.4, 0.5) is 15.8 Å². The predicted octanol–water partition coefficient (Wildman–Crippen LogP) is 1.11. The number of hydrogen-bond acceptors (Lipinski definition) is 5. The molecule has 0 aliphatic rings. The van der Waals surface area contributed by atoms with Gasteiger partial charge in [-0.05, 0) is 6.92 Å². The Bertz CT molecular complexity index is 561. The van der Waals surface area contributed by atoms with E-state index in [1.54, 1.807) is 6.92 Å². The average molecular weight is 305 g/mol. The van der Waals surface area contributed by atoms with Gasteiger partial charge >= 0.3 is 0 Å². The van der Waals surface area contributed by atoms with Crippen LogP contribution in [0.1, 0.15) is 6.92 Å². The van der Waals surface area contributed by atoms with Crippen LogP contribution in [0.5, 0.6) is 5.75 Å². The lowest BCUT2D eigenvalue weighted by molar-refractivity contribution is 0.322. The molecular formula is C12H20FN3O3S. The summed E-state index contributed by atoms with van der Waals surface area (Å²) in [6, 6.07) is 2.57. The average Bonchev–Trinajstić information content (AvgIpc) is 2.34. The van der Waals surface area contributed by atoms with Crippen molar-refractivity contribution in [3.05, 3.63) is 17.9 Å². The summed E-state index contributed by atoms with van der Waals surface area (Å²) in [6.07, 6.45) is 0. The van der Waals surface area contributed by atoms with E-state index in [0.29, 0.717) is 12.3 Å². The Morgan fingerprint density at radius 2 is 2.05 bits per heavy atom. The van der Waals surface area contributed by atoms with Crippen LogP contribution >= 0.6 is 0 Å². The van der Waals surface area contributed by atoms with Crippen molar-refractivity contribution in [1.82, 2.24) is 4.31 Å². The normalized spacial score (nSPS) is 11.7. The zero-order valence-electron chi connectivity index (χ0n) is 11.8. The van der Waals surface area contributed by atoms with Crippen molar-refractivity contribution in [3.8, 4) is 5.75 Å². The molecule has 0 aromatic heterocycles. The minimum atomic E-state index is -3.29. The smallest absolute Gasteiger partial charge is 0.215 e. The highest BCUT2D eigenvalue weighted by molar-refractivity contribution is 7.89. The number of halogens is 1. The molecule has 20 heavy (non-hydrogen) atoms. The number of sulfonamides is 1. The summed E-state index contributed by atoms with van der Waals surface area (Å²) in [5, 5.41) is 2.87. The highest BCUT2D eigenvalue weighted by atomic mass is 32.2. The topological polar surface area (TPSA) is 84.7 Å². The lowest BCUT2D eigenvalue weighted by Crippen LogP contribution is -2.28. The van der Waals surface area contributed by atoms with Gasteiger partial charge < -0.3 is 15.8 Å². The van der Waals surface area contributed by atoms with Crippen molar-refractivity contribution in [3.63, 3.8) is 0 Å². The molecule has 8 heteroatoms. The lowest BCUT2D eigenvalue weighted by Gasteiger charge is -2.14. The van der Waals surface area contributed by atoms with Gasteiger partial charge in [0.1, 0.15) is 0 Å². The van der Waals surface area contributed by atoms with Gasteiger partial charge in [-0.3, -0.25) is 0 Å². The van der Waals surface area contributed by atoms with Gasteiger partial charge in [-0.15, -0.1) is 0 Å². The van der Waals surface area contributed by atoms with Gasteiger partial charge in [0.2, 0.25) is 10.0 Å². The molecule has 0 unspecified atom stereocenters. The van der Waals surface area contributed by atoms with E-state index in [0.717, 1.165) is 10.4 Å². The molecule has 0 aliphatic carbocycles. The molecule has 0 saturated carbocycles. The molecule has 0 atom stereocenters. The van der Waals surface area contributed by atoms with E-state index in [4.69, 9.17) is 10.5 Å². The fourth-order valence-electron chi connectivity index (χ4n) is 1.49. The standard InChI is InChI=1S/C12H20FN3O3S/c1-4-19-12-8-11(10(14)7-9(12)13)15-5-6-20(17,18)16(2)3/h7-8,15H,4-6,14H2,1-3H3. The Labute approximate surface area is 118 Å². The molecule has 0 aliphatic heterocycles. The molecule has 0 amide bonds. The van der Waals surface area contributed by atoms with Gasteiger partial charge in [-0.2, -0.15) is 0 Å². The number of nitrogens with two attached hydrogens (primary N) is 1. The number of ether oxygens (including phenoxy) is 1. The summed E-state index contributed by atoms with van der Waals surface area (Å²) in [5.41, 5.74) is 6.33. The van der Waals surface area contributed by atoms with Crippen LogP contribution in [-0.4, -0.2) is 45.7 Å². The van der Waals surface area contributed by atoms with Crippen molar-refractivity contribution in [2.24, 2.45) is 0 Å². The van der Waals surface area contributed by atoms with Gasteiger partial charge in [0.15, 0.2) is 11.6 Å². The molecule has 114 valence electrons. The second-order valence-corrected chi connectivity index (χ2v) is 6.63. The van der Waals surface area contributed by atoms with Crippen molar-refractivity contribution >= 4 is 21.4 Å². The molecular weight excluding hydrogens is 285 g/mol. The first-order valence-corrected chi connectivity index (χ1v) is 7.74. The molecule has 0 spiro atoms. The number of nitrogens with zero attached hydrogens (tertiary/aromatic N) is 1. The summed E-state index contributed by atoms with van der Waals surface area (Å²) in [5.74, 6) is -0.545. The first kappa shape index (κ1) is 16.5. The number of nitrogens with one attached hydrogen (secondary N) is 1. The molecule has 6 nitrogen and oxygen atoms in total. The zero-order valence-corrected chi connectivity index (χ0v) is 12.6. The Morgan fingerprint density at radius 3 is 2.60 bits per heavy atom. The highest BCUT2D eigenvalue weighted by Gasteiger charge is 2.14. The third-order valence-corrected chi connectivity index (χ3v) is 4.47. The monoisotopic (exact) mass is 305 g/mol. The van der Waals surface area contributed by atoms with E-state index in [9.17, 15) is 12.8 Å². The molecule has 0 bridgehead atoms. The second kappa shape index (κ2) is 6.76. The van der Waals surface area contributed by atoms with Gasteiger partial charge in [0.25, 0.3) is 0 Å². The van der Waals surface area contributed by atoms with Crippen LogP contribution in [0.2, 0.25) is 0 Å². The molecule has 0 radical (unpaired) electrons. The van der Waals surface area contributed by atoms with E-state index < -0.39 is 15.8 Å². The third-order valence-electron chi connectivity index (χ3n) is 2.64. The first-order valence-electron chi connectivity index (χ1n) is 6.13. The molecule has 3 N–H and O–H groups in total. The maximum atomic E-state index is 13.5. The van der Waals surface area contributed by atoms with Crippen molar-refractivity contribution in [2.45, 2.75) is 6.92 Å². The molecule has 0 fully saturated rings. The zero-order chi connectivity index (χ0) is 15.3. The molecule has 0 heterocycles. The summed E-state index contributed by atoms with van der Waals surface area (Å²) >= 11 is 0. The van der Waals surface area contributed by atoms with Crippen molar-refractivity contribution in [1.29, 1.82) is 0 Å². The molecule has 1 rings (SSSR count). The Kier molecular flexibility index (Phi) is 5.58. The number of anilines is 2. The minimum absolute atomic E-state index is 0.0826. The van der Waals surface area contributed by atoms with Gasteiger partial charge in [0, 0.05) is 32.8 Å². The van der Waals surface area contributed by atoms with Crippen molar-refractivity contribution < 1.29 is 17.5 Å². The van der Waals surface area contributed by atoms with Crippen molar-refractivity contribution in [2.75, 3.05) is 44.1 Å². The van der Waals surface area contributed by atoms with Crippen LogP contribution < -0.4 is 15.8 Å². The fourth-order valence-corrected chi connectivity index (χ4v) is 2.21. The first-order chi connectivity index (χ1) is 9.27. The summed E-state index contributed by atoms with van der Waals surface area (Å²) in [4.78, 5) is 0. The molecule has 1 aromatic carbocycles. The van der Waals surface area contributed by atoms with Crippen LogP contribution in [0, 0.1) is 5.82 Å². The SMILES string of the molecule is CCOc1cc(NCCS(=O)(=O)N(C)C)c(N)cc1F. The van der Waals surface area contributed by atoms with Gasteiger partial charge in [-0.1, -0.05) is 0 Å². The predicted molar refractivity (Wildman–Crippen MR) is 77.9 cm³/mol. The van der Waals surface area contributed by atoms with Crippen LogP contribution in [0.25, 0.3) is 0 Å². The van der Waals surface area contributed by atoms with Crippen LogP contribution in [-0.2, 0) is 10.0 Å². The number of nitrogen functional groups attached to an aromatic ring is 1. The number of hydrogen-bond donors (Lipinski definition) is 2. The number of benzene rings is 1. The van der Waals surface area contributed by atoms with E-state index in [2.05, 4.69) is 5.32 Å². The third kappa shape index (κ3) is 4.24. The minimum Gasteiger partial charge on any atom is -0.491 e. The van der Waals surface area contributed by atoms with Crippen LogP contribution in [0.3, 0.4) is 0 Å². The maximum Gasteiger partial charge on any atom is 0.215 e. The van der Waals surface area contributed by atoms with Gasteiger partial charge in [-0.25, -0.2) is 17.1 Å². The summed E-state index contributed by atoms with van der Waals surface area (Å²) < 4.78 is 43.0. The molecule has 0 saturated heterocycles.